The van der Waals surface area contributed by atoms with Crippen molar-refractivity contribution in [3.05, 3.63) is 64.2 Å². The zero-order valence-electron chi connectivity index (χ0n) is 16.7. The molecule has 7 heteroatoms. The number of rotatable bonds is 7. The summed E-state index contributed by atoms with van der Waals surface area (Å²) in [5, 5.41) is 3.64. The lowest BCUT2D eigenvalue weighted by molar-refractivity contribution is -0.113. The van der Waals surface area contributed by atoms with Crippen molar-refractivity contribution < 1.29 is 9.18 Å². The maximum absolute atomic E-state index is 14.0. The normalized spacial score (nSPS) is 11.2. The number of para-hydroxylation sites is 1. The Hall–Kier alpha value is -2.67. The van der Waals surface area contributed by atoms with Gasteiger partial charge in [-0.3, -0.25) is 14.2 Å². The number of nitrogens with one attached hydrogen (secondary N) is 1. The second-order valence-electron chi connectivity index (χ2n) is 7.37. The predicted octanol–water partition coefficient (Wildman–Crippen LogP) is 4.62. The van der Waals surface area contributed by atoms with Crippen LogP contribution < -0.4 is 10.9 Å². The van der Waals surface area contributed by atoms with Crippen molar-refractivity contribution in [2.24, 2.45) is 5.92 Å². The van der Waals surface area contributed by atoms with Gasteiger partial charge in [0.05, 0.1) is 22.3 Å². The van der Waals surface area contributed by atoms with Gasteiger partial charge in [0.15, 0.2) is 5.16 Å². The Bertz CT molecular complexity index is 1100. The van der Waals surface area contributed by atoms with E-state index in [1.54, 1.807) is 35.8 Å². The van der Waals surface area contributed by atoms with Gasteiger partial charge in [0, 0.05) is 6.54 Å². The zero-order chi connectivity index (χ0) is 21.0. The number of amides is 1. The molecule has 0 bridgehead atoms. The Labute approximate surface area is 173 Å². The van der Waals surface area contributed by atoms with Gasteiger partial charge in [0.25, 0.3) is 5.56 Å². The molecule has 0 spiro atoms. The highest BCUT2D eigenvalue weighted by Crippen LogP contribution is 2.20. The average molecular weight is 414 g/mol. The molecule has 1 N–H and O–H groups in total. The summed E-state index contributed by atoms with van der Waals surface area (Å²) < 4.78 is 15.6. The smallest absolute Gasteiger partial charge is 0.262 e. The van der Waals surface area contributed by atoms with Crippen molar-refractivity contribution in [3.63, 3.8) is 0 Å². The quantitative estimate of drug-likeness (QED) is 0.453. The summed E-state index contributed by atoms with van der Waals surface area (Å²) in [6, 6.07) is 11.8. The van der Waals surface area contributed by atoms with E-state index in [0.717, 1.165) is 12.0 Å². The van der Waals surface area contributed by atoms with Gasteiger partial charge in [-0.25, -0.2) is 9.37 Å². The number of carbonyl (C=O) groups is 1. The highest BCUT2D eigenvalue weighted by Gasteiger charge is 2.14. The Morgan fingerprint density at radius 2 is 2.00 bits per heavy atom. The molecular formula is C22H24FN3O2S. The molecule has 5 nitrogen and oxygen atoms in total. The lowest BCUT2D eigenvalue weighted by atomic mass is 10.1. The van der Waals surface area contributed by atoms with Crippen molar-refractivity contribution in [1.82, 2.24) is 9.55 Å². The summed E-state index contributed by atoms with van der Waals surface area (Å²) in [5.41, 5.74) is 1.42. The van der Waals surface area contributed by atoms with Crippen LogP contribution in [0.1, 0.15) is 25.8 Å². The van der Waals surface area contributed by atoms with Gasteiger partial charge in [-0.15, -0.1) is 0 Å². The summed E-state index contributed by atoms with van der Waals surface area (Å²) in [5.74, 6) is -0.365. The number of aryl methyl sites for hydroxylation is 1. The number of aromatic nitrogens is 2. The first-order chi connectivity index (χ1) is 13.8. The van der Waals surface area contributed by atoms with Crippen LogP contribution in [0.15, 0.2) is 52.4 Å². The van der Waals surface area contributed by atoms with Crippen LogP contribution in [0, 0.1) is 18.7 Å². The average Bonchev–Trinajstić information content (AvgIpc) is 2.68. The zero-order valence-corrected chi connectivity index (χ0v) is 17.6. The molecule has 0 aliphatic rings. The molecule has 29 heavy (non-hydrogen) atoms. The van der Waals surface area contributed by atoms with E-state index in [2.05, 4.69) is 24.1 Å². The van der Waals surface area contributed by atoms with Gasteiger partial charge in [0.1, 0.15) is 5.82 Å². The number of carbonyl (C=O) groups excluding carboxylic acids is 1. The van der Waals surface area contributed by atoms with Crippen LogP contribution in [0.5, 0.6) is 0 Å². The lowest BCUT2D eigenvalue weighted by Crippen LogP contribution is -2.25. The van der Waals surface area contributed by atoms with Crippen molar-refractivity contribution in [3.8, 4) is 0 Å². The Balaban J connectivity index is 1.81. The molecule has 3 aromatic rings. The number of hydrogen-bond donors (Lipinski definition) is 1. The van der Waals surface area contributed by atoms with E-state index >= 15 is 0 Å². The van der Waals surface area contributed by atoms with Crippen molar-refractivity contribution in [1.29, 1.82) is 0 Å². The molecule has 0 saturated heterocycles. The number of fused-ring (bicyclic) bond motifs is 1. The first kappa shape index (κ1) is 21.0. The largest absolute Gasteiger partial charge is 0.323 e. The number of thioether (sulfide) groups is 1. The summed E-state index contributed by atoms with van der Waals surface area (Å²) >= 11 is 1.18. The van der Waals surface area contributed by atoms with Gasteiger partial charge in [-0.2, -0.15) is 0 Å². The van der Waals surface area contributed by atoms with E-state index in [1.807, 2.05) is 12.1 Å². The van der Waals surface area contributed by atoms with Crippen LogP contribution >= 0.6 is 11.8 Å². The van der Waals surface area contributed by atoms with E-state index in [9.17, 15) is 14.0 Å². The van der Waals surface area contributed by atoms with E-state index < -0.39 is 5.82 Å². The topological polar surface area (TPSA) is 64.0 Å². The highest BCUT2D eigenvalue weighted by atomic mass is 32.2. The number of benzene rings is 2. The molecular weight excluding hydrogens is 389 g/mol. The minimum absolute atomic E-state index is 0.0276. The van der Waals surface area contributed by atoms with E-state index in [0.29, 0.717) is 28.5 Å². The molecule has 0 fully saturated rings. The van der Waals surface area contributed by atoms with E-state index in [-0.39, 0.29) is 22.9 Å². The molecule has 1 heterocycles. The molecule has 152 valence electrons. The molecule has 0 aliphatic heterocycles. The van der Waals surface area contributed by atoms with Gasteiger partial charge >= 0.3 is 0 Å². The first-order valence-electron chi connectivity index (χ1n) is 9.53. The standard InChI is InChI=1S/C22H24FN3O2S/c1-14(2)10-11-26-21(28)16-6-4-5-7-18(16)25-22(26)29-13-20(27)24-19-9-8-15(3)12-17(19)23/h4-9,12,14H,10-11,13H2,1-3H3,(H,24,27). The van der Waals surface area contributed by atoms with Crippen molar-refractivity contribution in [2.45, 2.75) is 38.9 Å². The van der Waals surface area contributed by atoms with Crippen LogP contribution in [-0.4, -0.2) is 21.2 Å². The third-order valence-corrected chi connectivity index (χ3v) is 5.46. The van der Waals surface area contributed by atoms with Crippen molar-refractivity contribution >= 4 is 34.3 Å². The van der Waals surface area contributed by atoms with Crippen LogP contribution in [0.2, 0.25) is 0 Å². The molecule has 2 aromatic carbocycles. The maximum atomic E-state index is 14.0. The van der Waals surface area contributed by atoms with Crippen LogP contribution in [-0.2, 0) is 11.3 Å². The van der Waals surface area contributed by atoms with E-state index in [1.165, 1.54) is 17.8 Å². The third-order valence-electron chi connectivity index (χ3n) is 4.49. The van der Waals surface area contributed by atoms with Gasteiger partial charge in [-0.05, 0) is 49.1 Å². The fourth-order valence-electron chi connectivity index (χ4n) is 2.88. The lowest BCUT2D eigenvalue weighted by Gasteiger charge is -2.14. The molecule has 1 aromatic heterocycles. The summed E-state index contributed by atoms with van der Waals surface area (Å²) in [4.78, 5) is 29.9. The highest BCUT2D eigenvalue weighted by molar-refractivity contribution is 7.99. The Kier molecular flexibility index (Phi) is 6.69. The second kappa shape index (κ2) is 9.22. The fraction of sp³-hybridized carbons (Fsp3) is 0.318. The molecule has 0 unspecified atom stereocenters. The molecule has 0 aliphatic carbocycles. The molecule has 0 radical (unpaired) electrons. The number of anilines is 1. The number of nitrogens with zero attached hydrogens (tertiary/aromatic N) is 2. The summed E-state index contributed by atoms with van der Waals surface area (Å²) in [6.07, 6.45) is 0.828. The summed E-state index contributed by atoms with van der Waals surface area (Å²) in [6.45, 7) is 6.50. The van der Waals surface area contributed by atoms with E-state index in [4.69, 9.17) is 0 Å². The molecule has 0 atom stereocenters. The Morgan fingerprint density at radius 3 is 2.72 bits per heavy atom. The molecule has 0 saturated carbocycles. The number of hydrogen-bond acceptors (Lipinski definition) is 4. The summed E-state index contributed by atoms with van der Waals surface area (Å²) in [7, 11) is 0. The molecule has 3 rings (SSSR count). The van der Waals surface area contributed by atoms with Gasteiger partial charge in [0.2, 0.25) is 5.91 Å². The second-order valence-corrected chi connectivity index (χ2v) is 8.31. The van der Waals surface area contributed by atoms with Crippen molar-refractivity contribution in [2.75, 3.05) is 11.1 Å². The first-order valence-corrected chi connectivity index (χ1v) is 10.5. The van der Waals surface area contributed by atoms with Crippen LogP contribution in [0.25, 0.3) is 10.9 Å². The van der Waals surface area contributed by atoms with Gasteiger partial charge in [-0.1, -0.05) is 43.8 Å². The predicted molar refractivity (Wildman–Crippen MR) is 116 cm³/mol. The SMILES string of the molecule is Cc1ccc(NC(=O)CSc2nc3ccccc3c(=O)n2CCC(C)C)c(F)c1. The Morgan fingerprint density at radius 1 is 1.24 bits per heavy atom. The third kappa shape index (κ3) is 5.23. The van der Waals surface area contributed by atoms with Gasteiger partial charge < -0.3 is 5.32 Å². The fourth-order valence-corrected chi connectivity index (χ4v) is 3.71. The minimum Gasteiger partial charge on any atom is -0.323 e. The van der Waals surface area contributed by atoms with Crippen LogP contribution in [0.3, 0.4) is 0 Å². The number of halogens is 1. The monoisotopic (exact) mass is 413 g/mol. The maximum Gasteiger partial charge on any atom is 0.262 e. The van der Waals surface area contributed by atoms with Crippen LogP contribution in [0.4, 0.5) is 10.1 Å². The minimum atomic E-state index is -0.471. The molecule has 1 amide bonds.